The lowest BCUT2D eigenvalue weighted by Gasteiger charge is -2.34. The number of carbonyl (C=O) groups is 1. The predicted octanol–water partition coefficient (Wildman–Crippen LogP) is 4.68. The maximum Gasteiger partial charge on any atom is 0.345 e. The van der Waals surface area contributed by atoms with Gasteiger partial charge >= 0.3 is 5.97 Å². The van der Waals surface area contributed by atoms with Gasteiger partial charge in [0, 0.05) is 31.4 Å². The lowest BCUT2D eigenvalue weighted by Crippen LogP contribution is -2.46. The van der Waals surface area contributed by atoms with Crippen molar-refractivity contribution in [1.82, 2.24) is 4.98 Å². The van der Waals surface area contributed by atoms with Crippen LogP contribution < -0.4 is 4.57 Å². The highest BCUT2D eigenvalue weighted by Gasteiger charge is 2.47. The average molecular weight is 470 g/mol. The van der Waals surface area contributed by atoms with Crippen LogP contribution in [0.25, 0.3) is 10.9 Å². The second-order valence-corrected chi connectivity index (χ2v) is 8.88. The first-order valence-electron chi connectivity index (χ1n) is 11.3. The molecule has 4 aromatic rings. The molecule has 2 atom stereocenters. The van der Waals surface area contributed by atoms with Crippen molar-refractivity contribution < 1.29 is 29.0 Å². The van der Waals surface area contributed by atoms with Gasteiger partial charge in [-0.25, -0.2) is 9.78 Å². The number of pyridine rings is 2. The van der Waals surface area contributed by atoms with Crippen LogP contribution in [-0.2, 0) is 14.3 Å². The SMILES string of the molecule is CC1(C)OC(=O)C(C(c2ccc(O)cc2)C(c2ccc3ccccc3n2)[n+]2ccccc2)=C(O)O1. The third-order valence-corrected chi connectivity index (χ3v) is 5.99. The smallest absolute Gasteiger partial charge is 0.345 e. The molecule has 2 aromatic carbocycles. The van der Waals surface area contributed by atoms with E-state index < -0.39 is 29.7 Å². The summed E-state index contributed by atoms with van der Waals surface area (Å²) >= 11 is 0. The van der Waals surface area contributed by atoms with Crippen LogP contribution in [0, 0.1) is 0 Å². The van der Waals surface area contributed by atoms with Crippen LogP contribution in [0.3, 0.4) is 0 Å². The Kier molecular flexibility index (Phi) is 5.61. The summed E-state index contributed by atoms with van der Waals surface area (Å²) in [6.45, 7) is 3.11. The first kappa shape index (κ1) is 22.4. The molecule has 7 heteroatoms. The molecule has 5 rings (SSSR count). The van der Waals surface area contributed by atoms with E-state index in [1.54, 1.807) is 38.1 Å². The number of rotatable bonds is 5. The lowest BCUT2D eigenvalue weighted by molar-refractivity contribution is -0.716. The van der Waals surface area contributed by atoms with Crippen molar-refractivity contribution in [1.29, 1.82) is 0 Å². The van der Waals surface area contributed by atoms with Crippen LogP contribution in [0.2, 0.25) is 0 Å². The molecule has 7 nitrogen and oxygen atoms in total. The van der Waals surface area contributed by atoms with E-state index in [9.17, 15) is 15.0 Å². The number of phenolic OH excluding ortho intramolecular Hbond substituents is 1. The highest BCUT2D eigenvalue weighted by molar-refractivity contribution is 5.91. The molecule has 2 unspecified atom stereocenters. The van der Waals surface area contributed by atoms with Gasteiger partial charge in [-0.05, 0) is 29.8 Å². The number of cyclic esters (lactones) is 1. The molecule has 35 heavy (non-hydrogen) atoms. The second kappa shape index (κ2) is 8.76. The minimum atomic E-state index is -1.30. The predicted molar refractivity (Wildman–Crippen MR) is 128 cm³/mol. The van der Waals surface area contributed by atoms with Crippen LogP contribution in [-0.4, -0.2) is 27.0 Å². The fourth-order valence-electron chi connectivity index (χ4n) is 4.46. The Morgan fingerprint density at radius 3 is 2.29 bits per heavy atom. The summed E-state index contributed by atoms with van der Waals surface area (Å²) in [5.74, 6) is -3.14. The maximum absolute atomic E-state index is 13.3. The zero-order chi connectivity index (χ0) is 24.6. The fraction of sp³-hybridized carbons (Fsp3) is 0.179. The third kappa shape index (κ3) is 4.40. The number of benzene rings is 2. The minimum Gasteiger partial charge on any atom is -0.508 e. The normalized spacial score (nSPS) is 16.9. The van der Waals surface area contributed by atoms with E-state index >= 15 is 0 Å². The topological polar surface area (TPSA) is 92.8 Å². The first-order valence-corrected chi connectivity index (χ1v) is 11.3. The zero-order valence-electron chi connectivity index (χ0n) is 19.3. The van der Waals surface area contributed by atoms with E-state index in [2.05, 4.69) is 0 Å². The Morgan fingerprint density at radius 2 is 1.57 bits per heavy atom. The van der Waals surface area contributed by atoms with Gasteiger partial charge < -0.3 is 19.7 Å². The average Bonchev–Trinajstić information content (AvgIpc) is 2.83. The molecule has 0 radical (unpaired) electrons. The molecule has 0 amide bonds. The van der Waals surface area contributed by atoms with Crippen LogP contribution >= 0.6 is 0 Å². The summed E-state index contributed by atoms with van der Waals surface area (Å²) in [7, 11) is 0. The van der Waals surface area contributed by atoms with Gasteiger partial charge in [-0.2, -0.15) is 4.57 Å². The van der Waals surface area contributed by atoms with E-state index in [0.717, 1.165) is 10.9 Å². The number of aliphatic hydroxyl groups excluding tert-OH is 1. The van der Waals surface area contributed by atoms with Crippen LogP contribution in [0.5, 0.6) is 5.75 Å². The highest BCUT2D eigenvalue weighted by atomic mass is 16.8. The molecule has 2 N–H and O–H groups in total. The molecular weight excluding hydrogens is 444 g/mol. The highest BCUT2D eigenvalue weighted by Crippen LogP contribution is 2.42. The molecule has 0 bridgehead atoms. The second-order valence-electron chi connectivity index (χ2n) is 8.88. The Labute approximate surface area is 202 Å². The van der Waals surface area contributed by atoms with Crippen LogP contribution in [0.1, 0.15) is 37.1 Å². The number of aliphatic hydroxyl groups is 1. The molecule has 2 aromatic heterocycles. The molecule has 0 spiro atoms. The summed E-state index contributed by atoms with van der Waals surface area (Å²) in [5.41, 5.74) is 2.13. The number of aromatic nitrogens is 2. The molecular formula is C28H25N2O5+. The van der Waals surface area contributed by atoms with E-state index in [1.807, 2.05) is 71.6 Å². The maximum atomic E-state index is 13.3. The molecule has 3 heterocycles. The number of phenols is 1. The minimum absolute atomic E-state index is 0.0219. The van der Waals surface area contributed by atoms with Crippen molar-refractivity contribution in [2.24, 2.45) is 0 Å². The Bertz CT molecular complexity index is 1410. The van der Waals surface area contributed by atoms with Gasteiger partial charge in [-0.15, -0.1) is 0 Å². The number of hydrogen-bond donors (Lipinski definition) is 2. The Hall–Kier alpha value is -4.39. The molecule has 0 aliphatic carbocycles. The van der Waals surface area contributed by atoms with E-state index in [0.29, 0.717) is 11.3 Å². The van der Waals surface area contributed by atoms with Gasteiger partial charge in [0.25, 0.3) is 11.7 Å². The van der Waals surface area contributed by atoms with Crippen LogP contribution in [0.15, 0.2) is 103 Å². The van der Waals surface area contributed by atoms with Gasteiger partial charge in [0.1, 0.15) is 17.0 Å². The van der Waals surface area contributed by atoms with Crippen molar-refractivity contribution in [3.8, 4) is 5.75 Å². The van der Waals surface area contributed by atoms with E-state index in [1.165, 1.54) is 0 Å². The molecule has 1 aliphatic rings. The third-order valence-electron chi connectivity index (χ3n) is 5.99. The number of nitrogens with zero attached hydrogens (tertiary/aromatic N) is 2. The number of para-hydroxylation sites is 1. The van der Waals surface area contributed by atoms with Gasteiger partial charge in [-0.1, -0.05) is 42.5 Å². The summed E-state index contributed by atoms with van der Waals surface area (Å²) in [5, 5.41) is 21.9. The Balaban J connectivity index is 1.77. The molecule has 0 saturated heterocycles. The van der Waals surface area contributed by atoms with Gasteiger partial charge in [-0.3, -0.25) is 0 Å². The zero-order valence-corrected chi connectivity index (χ0v) is 19.3. The summed E-state index contributed by atoms with van der Waals surface area (Å²) < 4.78 is 13.0. The van der Waals surface area contributed by atoms with E-state index in [-0.39, 0.29) is 11.3 Å². The van der Waals surface area contributed by atoms with Gasteiger partial charge in [0.2, 0.25) is 6.04 Å². The van der Waals surface area contributed by atoms with Crippen molar-refractivity contribution in [2.75, 3.05) is 0 Å². The first-order chi connectivity index (χ1) is 16.8. The molecule has 0 fully saturated rings. The quantitative estimate of drug-likeness (QED) is 0.326. The van der Waals surface area contributed by atoms with Crippen molar-refractivity contribution in [3.63, 3.8) is 0 Å². The lowest BCUT2D eigenvalue weighted by atomic mass is 9.82. The molecule has 0 saturated carbocycles. The summed E-state index contributed by atoms with van der Waals surface area (Å²) in [6.07, 6.45) is 3.76. The van der Waals surface area contributed by atoms with Crippen molar-refractivity contribution in [2.45, 2.75) is 31.6 Å². The summed E-state index contributed by atoms with van der Waals surface area (Å²) in [4.78, 5) is 18.2. The van der Waals surface area contributed by atoms with Crippen molar-refractivity contribution >= 4 is 16.9 Å². The largest absolute Gasteiger partial charge is 0.508 e. The monoisotopic (exact) mass is 469 g/mol. The number of esters is 1. The Morgan fingerprint density at radius 1 is 0.857 bits per heavy atom. The number of ether oxygens (including phenoxy) is 2. The van der Waals surface area contributed by atoms with E-state index in [4.69, 9.17) is 14.5 Å². The van der Waals surface area contributed by atoms with Crippen molar-refractivity contribution in [3.05, 3.63) is 114 Å². The number of aromatic hydroxyl groups is 1. The summed E-state index contributed by atoms with van der Waals surface area (Å²) in [6, 6.07) is 23.3. The van der Waals surface area contributed by atoms with Gasteiger partial charge in [0.05, 0.1) is 11.4 Å². The molecule has 1 aliphatic heterocycles. The molecule has 176 valence electrons. The fourth-order valence-corrected chi connectivity index (χ4v) is 4.46. The number of carbonyl (C=O) groups excluding carboxylic acids is 1. The van der Waals surface area contributed by atoms with Gasteiger partial charge in [0.15, 0.2) is 12.4 Å². The number of hydrogen-bond acceptors (Lipinski definition) is 6. The van der Waals surface area contributed by atoms with Crippen LogP contribution in [0.4, 0.5) is 0 Å². The standard InChI is InChI=1S/C28H24N2O5/c1-28(2)34-26(32)24(27(33)35-28)23(19-10-13-20(31)14-11-19)25(30-16-6-3-7-17-30)22-15-12-18-8-4-5-9-21(18)29-22/h3-17,23,25H,1-2H3,(H-,31,32,33)/p+1. The number of fused-ring (bicyclic) bond motifs is 1.